The number of pyridine rings is 1. The van der Waals surface area contributed by atoms with Gasteiger partial charge in [-0.25, -0.2) is 9.78 Å². The molecule has 0 saturated heterocycles. The van der Waals surface area contributed by atoms with Gasteiger partial charge in [0.1, 0.15) is 0 Å². The van der Waals surface area contributed by atoms with Gasteiger partial charge in [-0.15, -0.1) is 0 Å². The number of amides is 2. The van der Waals surface area contributed by atoms with Crippen molar-refractivity contribution in [2.75, 3.05) is 11.9 Å². The lowest BCUT2D eigenvalue weighted by Crippen LogP contribution is -2.43. The van der Waals surface area contributed by atoms with Crippen molar-refractivity contribution in [1.29, 1.82) is 0 Å². The van der Waals surface area contributed by atoms with Crippen molar-refractivity contribution in [3.05, 3.63) is 23.5 Å². The Kier molecular flexibility index (Phi) is 5.37. The first kappa shape index (κ1) is 14.7. The molecule has 0 bridgehead atoms. The highest BCUT2D eigenvalue weighted by Crippen LogP contribution is 2.17. The summed E-state index contributed by atoms with van der Waals surface area (Å²) >= 11 is 5.81. The molecule has 5 nitrogen and oxygen atoms in total. The summed E-state index contributed by atoms with van der Waals surface area (Å²) in [6, 6.07) is 2.92. The average molecular weight is 272 g/mol. The molecule has 18 heavy (non-hydrogen) atoms. The van der Waals surface area contributed by atoms with Crippen molar-refractivity contribution < 1.29 is 9.90 Å². The average Bonchev–Trinajstić information content (AvgIpc) is 2.39. The molecule has 0 radical (unpaired) electrons. The van der Waals surface area contributed by atoms with E-state index in [0.29, 0.717) is 18.5 Å². The SMILES string of the molecule is CCC(O)(CC)CNC(=O)Nc1cccnc1Cl. The Morgan fingerprint density at radius 1 is 1.50 bits per heavy atom. The quantitative estimate of drug-likeness (QED) is 0.720. The van der Waals surface area contributed by atoms with E-state index in [2.05, 4.69) is 15.6 Å². The fourth-order valence-corrected chi connectivity index (χ4v) is 1.56. The molecule has 6 heteroatoms. The van der Waals surface area contributed by atoms with Crippen molar-refractivity contribution >= 4 is 23.3 Å². The maximum absolute atomic E-state index is 11.6. The molecule has 1 heterocycles. The van der Waals surface area contributed by atoms with Gasteiger partial charge < -0.3 is 15.7 Å². The summed E-state index contributed by atoms with van der Waals surface area (Å²) in [6.45, 7) is 3.95. The minimum atomic E-state index is -0.865. The number of halogens is 1. The summed E-state index contributed by atoms with van der Waals surface area (Å²) in [7, 11) is 0. The highest BCUT2D eigenvalue weighted by Gasteiger charge is 2.22. The molecule has 2 amide bonds. The number of urea groups is 1. The van der Waals surface area contributed by atoms with E-state index in [9.17, 15) is 9.90 Å². The van der Waals surface area contributed by atoms with Crippen LogP contribution in [0, 0.1) is 0 Å². The summed E-state index contributed by atoms with van der Waals surface area (Å²) in [5.41, 5.74) is -0.427. The van der Waals surface area contributed by atoms with Crippen LogP contribution in [0.4, 0.5) is 10.5 Å². The minimum absolute atomic E-state index is 0.198. The fourth-order valence-electron chi connectivity index (χ4n) is 1.39. The predicted molar refractivity (Wildman–Crippen MR) is 71.8 cm³/mol. The Morgan fingerprint density at radius 3 is 2.72 bits per heavy atom. The zero-order valence-corrected chi connectivity index (χ0v) is 11.3. The predicted octanol–water partition coefficient (Wildman–Crippen LogP) is 2.41. The second kappa shape index (κ2) is 6.56. The molecule has 0 fully saturated rings. The van der Waals surface area contributed by atoms with Crippen molar-refractivity contribution in [3.63, 3.8) is 0 Å². The van der Waals surface area contributed by atoms with E-state index in [1.54, 1.807) is 18.3 Å². The van der Waals surface area contributed by atoms with Crippen molar-refractivity contribution in [2.45, 2.75) is 32.3 Å². The molecule has 1 aromatic rings. The Hall–Kier alpha value is -1.33. The van der Waals surface area contributed by atoms with Crippen LogP contribution in [0.15, 0.2) is 18.3 Å². The first-order valence-corrected chi connectivity index (χ1v) is 6.26. The van der Waals surface area contributed by atoms with Crippen LogP contribution in [0.1, 0.15) is 26.7 Å². The Balaban J connectivity index is 2.50. The third-order valence-corrected chi connectivity index (χ3v) is 3.20. The van der Waals surface area contributed by atoms with Crippen LogP contribution >= 0.6 is 11.6 Å². The monoisotopic (exact) mass is 271 g/mol. The number of carbonyl (C=O) groups is 1. The molecule has 0 aliphatic heterocycles. The number of carbonyl (C=O) groups excluding carboxylic acids is 1. The second-order valence-corrected chi connectivity index (χ2v) is 4.44. The normalized spacial score (nSPS) is 11.1. The summed E-state index contributed by atoms with van der Waals surface area (Å²) in [5.74, 6) is 0. The molecule has 1 rings (SSSR count). The lowest BCUT2D eigenvalue weighted by Gasteiger charge is -2.25. The number of aliphatic hydroxyl groups is 1. The summed E-state index contributed by atoms with van der Waals surface area (Å²) < 4.78 is 0. The molecule has 0 aromatic carbocycles. The number of hydrogen-bond acceptors (Lipinski definition) is 3. The van der Waals surface area contributed by atoms with Crippen LogP contribution in [0.3, 0.4) is 0 Å². The summed E-state index contributed by atoms with van der Waals surface area (Å²) in [5, 5.41) is 15.4. The van der Waals surface area contributed by atoms with Crippen molar-refractivity contribution in [3.8, 4) is 0 Å². The van der Waals surface area contributed by atoms with Gasteiger partial charge in [0, 0.05) is 12.7 Å². The zero-order chi connectivity index (χ0) is 13.6. The van der Waals surface area contributed by atoms with E-state index < -0.39 is 11.6 Å². The van der Waals surface area contributed by atoms with Gasteiger partial charge in [-0.2, -0.15) is 0 Å². The van der Waals surface area contributed by atoms with E-state index in [1.165, 1.54) is 0 Å². The molecule has 0 saturated carbocycles. The van der Waals surface area contributed by atoms with Gasteiger partial charge in [0.15, 0.2) is 5.15 Å². The Morgan fingerprint density at radius 2 is 2.17 bits per heavy atom. The number of anilines is 1. The number of nitrogens with one attached hydrogen (secondary N) is 2. The fraction of sp³-hybridized carbons (Fsp3) is 0.500. The Labute approximate surface area is 112 Å². The van der Waals surface area contributed by atoms with E-state index in [-0.39, 0.29) is 11.7 Å². The van der Waals surface area contributed by atoms with E-state index in [1.807, 2.05) is 13.8 Å². The smallest absolute Gasteiger partial charge is 0.319 e. The lowest BCUT2D eigenvalue weighted by atomic mass is 9.98. The molecule has 100 valence electrons. The number of aromatic nitrogens is 1. The lowest BCUT2D eigenvalue weighted by molar-refractivity contribution is 0.0354. The van der Waals surface area contributed by atoms with Crippen LogP contribution in [-0.2, 0) is 0 Å². The molecule has 0 aliphatic rings. The molecule has 0 unspecified atom stereocenters. The molecular formula is C12H18ClN3O2. The summed E-state index contributed by atoms with van der Waals surface area (Å²) in [4.78, 5) is 15.5. The molecular weight excluding hydrogens is 254 g/mol. The van der Waals surface area contributed by atoms with Gasteiger partial charge >= 0.3 is 6.03 Å². The van der Waals surface area contributed by atoms with Crippen LogP contribution in [0.5, 0.6) is 0 Å². The van der Waals surface area contributed by atoms with Crippen LogP contribution in [0.2, 0.25) is 5.15 Å². The Bertz CT molecular complexity index is 408. The molecule has 1 aromatic heterocycles. The molecule has 0 atom stereocenters. The van der Waals surface area contributed by atoms with Crippen molar-refractivity contribution in [2.24, 2.45) is 0 Å². The minimum Gasteiger partial charge on any atom is -0.388 e. The first-order chi connectivity index (χ1) is 8.50. The van der Waals surface area contributed by atoms with Gasteiger partial charge in [-0.1, -0.05) is 25.4 Å². The third-order valence-electron chi connectivity index (χ3n) is 2.90. The summed E-state index contributed by atoms with van der Waals surface area (Å²) in [6.07, 6.45) is 2.70. The van der Waals surface area contributed by atoms with Crippen molar-refractivity contribution in [1.82, 2.24) is 10.3 Å². The number of nitrogens with zero attached hydrogens (tertiary/aromatic N) is 1. The zero-order valence-electron chi connectivity index (χ0n) is 10.5. The topological polar surface area (TPSA) is 74.2 Å². The van der Waals surface area contributed by atoms with Gasteiger partial charge in [0.2, 0.25) is 0 Å². The van der Waals surface area contributed by atoms with Gasteiger partial charge in [0.05, 0.1) is 11.3 Å². The molecule has 0 spiro atoms. The standard InChI is InChI=1S/C12H18ClN3O2/c1-3-12(18,4-2)8-15-11(17)16-9-6-5-7-14-10(9)13/h5-7,18H,3-4,8H2,1-2H3,(H2,15,16,17). The van der Waals surface area contributed by atoms with Crippen LogP contribution < -0.4 is 10.6 Å². The number of hydrogen-bond donors (Lipinski definition) is 3. The number of rotatable bonds is 5. The highest BCUT2D eigenvalue weighted by atomic mass is 35.5. The van der Waals surface area contributed by atoms with Crippen LogP contribution in [0.25, 0.3) is 0 Å². The van der Waals surface area contributed by atoms with Gasteiger partial charge in [0.25, 0.3) is 0 Å². The largest absolute Gasteiger partial charge is 0.388 e. The third kappa shape index (κ3) is 4.16. The second-order valence-electron chi connectivity index (χ2n) is 4.08. The first-order valence-electron chi connectivity index (χ1n) is 5.88. The van der Waals surface area contributed by atoms with Gasteiger partial charge in [-0.3, -0.25) is 0 Å². The van der Waals surface area contributed by atoms with E-state index in [4.69, 9.17) is 11.6 Å². The van der Waals surface area contributed by atoms with Gasteiger partial charge in [-0.05, 0) is 25.0 Å². The van der Waals surface area contributed by atoms with Crippen LogP contribution in [-0.4, -0.2) is 28.3 Å². The van der Waals surface area contributed by atoms with E-state index in [0.717, 1.165) is 0 Å². The highest BCUT2D eigenvalue weighted by molar-refractivity contribution is 6.32. The van der Waals surface area contributed by atoms with E-state index >= 15 is 0 Å². The maximum atomic E-state index is 11.6. The molecule has 3 N–H and O–H groups in total. The maximum Gasteiger partial charge on any atom is 0.319 e. The molecule has 0 aliphatic carbocycles.